The first-order valence-electron chi connectivity index (χ1n) is 8.19. The van der Waals surface area contributed by atoms with Crippen LogP contribution in [-0.2, 0) is 16.0 Å². The molecule has 22 heavy (non-hydrogen) atoms. The number of carbonyl (C=O) groups is 2. The molecule has 2 heterocycles. The molecule has 2 amide bonds. The average Bonchev–Trinajstić information content (AvgIpc) is 3.08. The second kappa shape index (κ2) is 5.39. The standard InChI is InChI=1S/C17H21N3O2/c21-16-9-11-7-12(5-6-14(11)20-16)18-17(22)15-8-10-3-1-2-4-13(10)19-15/h5-7,10,13,15,19H,1-4,8-9H2,(H,18,22)(H,20,21). The molecule has 5 heteroatoms. The van der Waals surface area contributed by atoms with Gasteiger partial charge in [0, 0.05) is 17.4 Å². The highest BCUT2D eigenvalue weighted by atomic mass is 16.2. The van der Waals surface area contributed by atoms with Crippen molar-refractivity contribution in [2.24, 2.45) is 5.92 Å². The van der Waals surface area contributed by atoms with Gasteiger partial charge in [-0.05, 0) is 48.9 Å². The summed E-state index contributed by atoms with van der Waals surface area (Å²) in [6, 6.07) is 6.04. The van der Waals surface area contributed by atoms with Crippen LogP contribution in [0.15, 0.2) is 18.2 Å². The predicted molar refractivity (Wildman–Crippen MR) is 84.7 cm³/mol. The van der Waals surface area contributed by atoms with Gasteiger partial charge in [-0.2, -0.15) is 0 Å². The molecule has 116 valence electrons. The number of rotatable bonds is 2. The van der Waals surface area contributed by atoms with Crippen molar-refractivity contribution in [3.63, 3.8) is 0 Å². The molecule has 2 fully saturated rings. The molecule has 1 saturated heterocycles. The molecule has 1 saturated carbocycles. The van der Waals surface area contributed by atoms with Gasteiger partial charge >= 0.3 is 0 Å². The molecular weight excluding hydrogens is 278 g/mol. The van der Waals surface area contributed by atoms with Gasteiger partial charge in [-0.3, -0.25) is 9.59 Å². The van der Waals surface area contributed by atoms with Crippen molar-refractivity contribution in [3.05, 3.63) is 23.8 Å². The normalized spacial score (nSPS) is 29.6. The maximum Gasteiger partial charge on any atom is 0.241 e. The van der Waals surface area contributed by atoms with E-state index < -0.39 is 0 Å². The summed E-state index contributed by atoms with van der Waals surface area (Å²) in [6.07, 6.45) is 6.35. The van der Waals surface area contributed by atoms with Crippen molar-refractivity contribution in [1.82, 2.24) is 5.32 Å². The number of hydrogen-bond acceptors (Lipinski definition) is 3. The summed E-state index contributed by atoms with van der Waals surface area (Å²) >= 11 is 0. The number of hydrogen-bond donors (Lipinski definition) is 3. The van der Waals surface area contributed by atoms with Crippen molar-refractivity contribution in [2.45, 2.75) is 50.6 Å². The van der Waals surface area contributed by atoms with Crippen LogP contribution in [0.2, 0.25) is 0 Å². The molecule has 1 aromatic carbocycles. The maximum atomic E-state index is 12.5. The third-order valence-electron chi connectivity index (χ3n) is 5.18. The quantitative estimate of drug-likeness (QED) is 0.782. The Labute approximate surface area is 129 Å². The zero-order chi connectivity index (χ0) is 15.1. The fraction of sp³-hybridized carbons (Fsp3) is 0.529. The number of anilines is 2. The molecule has 1 aromatic rings. The Balaban J connectivity index is 1.42. The molecule has 3 atom stereocenters. The molecule has 0 spiro atoms. The molecular formula is C17H21N3O2. The van der Waals surface area contributed by atoms with E-state index >= 15 is 0 Å². The lowest BCUT2D eigenvalue weighted by molar-refractivity contribution is -0.118. The molecule has 5 nitrogen and oxygen atoms in total. The van der Waals surface area contributed by atoms with Gasteiger partial charge in [0.2, 0.25) is 11.8 Å². The second-order valence-corrected chi connectivity index (χ2v) is 6.69. The van der Waals surface area contributed by atoms with Gasteiger partial charge in [0.05, 0.1) is 12.5 Å². The largest absolute Gasteiger partial charge is 0.326 e. The van der Waals surface area contributed by atoms with Crippen LogP contribution >= 0.6 is 0 Å². The van der Waals surface area contributed by atoms with Crippen LogP contribution in [0.5, 0.6) is 0 Å². The van der Waals surface area contributed by atoms with E-state index in [9.17, 15) is 9.59 Å². The van der Waals surface area contributed by atoms with E-state index in [1.54, 1.807) is 0 Å². The Kier molecular flexibility index (Phi) is 3.37. The second-order valence-electron chi connectivity index (χ2n) is 6.69. The van der Waals surface area contributed by atoms with Crippen molar-refractivity contribution in [3.8, 4) is 0 Å². The van der Waals surface area contributed by atoms with Gasteiger partial charge < -0.3 is 16.0 Å². The lowest BCUT2D eigenvalue weighted by Crippen LogP contribution is -2.39. The third kappa shape index (κ3) is 2.50. The highest BCUT2D eigenvalue weighted by Gasteiger charge is 2.38. The summed E-state index contributed by atoms with van der Waals surface area (Å²) in [5, 5.41) is 9.29. The van der Waals surface area contributed by atoms with Gasteiger partial charge in [0.1, 0.15) is 0 Å². The lowest BCUT2D eigenvalue weighted by atomic mass is 9.85. The first-order chi connectivity index (χ1) is 10.7. The molecule has 0 aromatic heterocycles. The predicted octanol–water partition coefficient (Wildman–Crippen LogP) is 2.04. The number of amides is 2. The van der Waals surface area contributed by atoms with Crippen molar-refractivity contribution < 1.29 is 9.59 Å². The fourth-order valence-corrected chi connectivity index (χ4v) is 4.06. The molecule has 4 rings (SSSR count). The Morgan fingerprint density at radius 2 is 2.09 bits per heavy atom. The summed E-state index contributed by atoms with van der Waals surface area (Å²) in [5.74, 6) is 0.720. The summed E-state index contributed by atoms with van der Waals surface area (Å²) < 4.78 is 0. The van der Waals surface area contributed by atoms with E-state index in [2.05, 4.69) is 16.0 Å². The van der Waals surface area contributed by atoms with E-state index in [0.29, 0.717) is 18.4 Å². The molecule has 3 aliphatic rings. The summed E-state index contributed by atoms with van der Waals surface area (Å²) in [5.41, 5.74) is 2.58. The molecule has 2 aliphatic heterocycles. The number of carbonyl (C=O) groups excluding carboxylic acids is 2. The van der Waals surface area contributed by atoms with Crippen LogP contribution in [-0.4, -0.2) is 23.9 Å². The van der Waals surface area contributed by atoms with Crippen LogP contribution in [0.3, 0.4) is 0 Å². The first kappa shape index (κ1) is 13.8. The van der Waals surface area contributed by atoms with Crippen molar-refractivity contribution in [2.75, 3.05) is 10.6 Å². The smallest absolute Gasteiger partial charge is 0.241 e. The van der Waals surface area contributed by atoms with E-state index in [1.807, 2.05) is 18.2 Å². The van der Waals surface area contributed by atoms with Crippen LogP contribution in [0.25, 0.3) is 0 Å². The van der Waals surface area contributed by atoms with Crippen LogP contribution in [0.4, 0.5) is 11.4 Å². The van der Waals surface area contributed by atoms with E-state index in [4.69, 9.17) is 0 Å². The molecule has 0 radical (unpaired) electrons. The SMILES string of the molecule is O=C1Cc2cc(NC(=O)C3CC4CCCCC4N3)ccc2N1. The Morgan fingerprint density at radius 3 is 2.95 bits per heavy atom. The molecule has 3 N–H and O–H groups in total. The fourth-order valence-electron chi connectivity index (χ4n) is 4.06. The topological polar surface area (TPSA) is 70.2 Å². The Morgan fingerprint density at radius 1 is 1.23 bits per heavy atom. The van der Waals surface area contributed by atoms with Crippen molar-refractivity contribution >= 4 is 23.2 Å². The molecule has 0 bridgehead atoms. The average molecular weight is 299 g/mol. The monoisotopic (exact) mass is 299 g/mol. The van der Waals surface area contributed by atoms with Gasteiger partial charge in [0.15, 0.2) is 0 Å². The zero-order valence-corrected chi connectivity index (χ0v) is 12.5. The molecule has 3 unspecified atom stereocenters. The summed E-state index contributed by atoms with van der Waals surface area (Å²) in [4.78, 5) is 23.8. The molecule has 1 aliphatic carbocycles. The summed E-state index contributed by atoms with van der Waals surface area (Å²) in [7, 11) is 0. The van der Waals surface area contributed by atoms with Gasteiger partial charge in [-0.15, -0.1) is 0 Å². The minimum absolute atomic E-state index is 0.0139. The number of benzene rings is 1. The number of nitrogens with one attached hydrogen (secondary N) is 3. The lowest BCUT2D eigenvalue weighted by Gasteiger charge is -2.24. The van der Waals surface area contributed by atoms with Crippen LogP contribution in [0.1, 0.15) is 37.7 Å². The van der Waals surface area contributed by atoms with Gasteiger partial charge in [-0.25, -0.2) is 0 Å². The Bertz CT molecular complexity index is 614. The summed E-state index contributed by atoms with van der Waals surface area (Å²) in [6.45, 7) is 0. The maximum absolute atomic E-state index is 12.5. The minimum Gasteiger partial charge on any atom is -0.326 e. The van der Waals surface area contributed by atoms with E-state index in [1.165, 1.54) is 25.7 Å². The minimum atomic E-state index is -0.0823. The highest BCUT2D eigenvalue weighted by molar-refractivity contribution is 6.01. The van der Waals surface area contributed by atoms with Gasteiger partial charge in [0.25, 0.3) is 0 Å². The van der Waals surface area contributed by atoms with E-state index in [0.717, 1.165) is 23.4 Å². The van der Waals surface area contributed by atoms with E-state index in [-0.39, 0.29) is 17.9 Å². The third-order valence-corrected chi connectivity index (χ3v) is 5.18. The Hall–Kier alpha value is -1.88. The van der Waals surface area contributed by atoms with Crippen molar-refractivity contribution in [1.29, 1.82) is 0 Å². The number of fused-ring (bicyclic) bond motifs is 2. The zero-order valence-electron chi connectivity index (χ0n) is 12.5. The van der Waals surface area contributed by atoms with Crippen LogP contribution in [0, 0.1) is 5.92 Å². The van der Waals surface area contributed by atoms with Gasteiger partial charge in [-0.1, -0.05) is 12.8 Å². The highest BCUT2D eigenvalue weighted by Crippen LogP contribution is 2.33. The first-order valence-corrected chi connectivity index (χ1v) is 8.19. The van der Waals surface area contributed by atoms with Crippen LogP contribution < -0.4 is 16.0 Å².